The standard InChI is InChI=1S/C26H20BrN3O2/c27-19-12-10-18(11-13-19)23-24(32)29(16-17-6-2-1-3-7-17)25-26(15-14-22(31)30(23)26)20-8-4-5-9-21(20)28-25/h1-15,23,25,28H,16H2. The summed E-state index contributed by atoms with van der Waals surface area (Å²) < 4.78 is 0.928. The van der Waals surface area contributed by atoms with Crippen LogP contribution in [0.15, 0.2) is 95.5 Å². The first-order valence-electron chi connectivity index (χ1n) is 10.6. The molecule has 1 fully saturated rings. The van der Waals surface area contributed by atoms with E-state index in [1.807, 2.05) is 89.8 Å². The lowest BCUT2D eigenvalue weighted by atomic mass is 9.82. The molecule has 3 atom stereocenters. The quantitative estimate of drug-likeness (QED) is 0.590. The Morgan fingerprint density at radius 3 is 2.41 bits per heavy atom. The number of anilines is 1. The third kappa shape index (κ3) is 2.62. The maximum atomic E-state index is 14.0. The fourth-order valence-electron chi connectivity index (χ4n) is 5.28. The number of hydrogen-bond donors (Lipinski definition) is 1. The highest BCUT2D eigenvalue weighted by Gasteiger charge is 2.63. The zero-order chi connectivity index (χ0) is 21.9. The molecule has 3 aromatic carbocycles. The van der Waals surface area contributed by atoms with Crippen molar-refractivity contribution in [2.24, 2.45) is 0 Å². The number of hydrogen-bond acceptors (Lipinski definition) is 3. The minimum Gasteiger partial charge on any atom is -0.362 e. The first-order chi connectivity index (χ1) is 15.6. The van der Waals surface area contributed by atoms with Gasteiger partial charge in [-0.3, -0.25) is 9.59 Å². The second kappa shape index (κ2) is 7.07. The summed E-state index contributed by atoms with van der Waals surface area (Å²) in [6.45, 7) is 0.454. The molecule has 6 heteroatoms. The van der Waals surface area contributed by atoms with Crippen molar-refractivity contribution in [1.82, 2.24) is 9.80 Å². The minimum absolute atomic E-state index is 0.0887. The highest BCUT2D eigenvalue weighted by atomic mass is 79.9. The van der Waals surface area contributed by atoms with Gasteiger partial charge in [-0.1, -0.05) is 76.6 Å². The van der Waals surface area contributed by atoms with E-state index < -0.39 is 11.6 Å². The van der Waals surface area contributed by atoms with Crippen LogP contribution < -0.4 is 5.32 Å². The third-order valence-corrected chi connectivity index (χ3v) is 7.18. The van der Waals surface area contributed by atoms with Crippen LogP contribution in [0.2, 0.25) is 0 Å². The molecule has 3 unspecified atom stereocenters. The molecule has 0 bridgehead atoms. The lowest BCUT2D eigenvalue weighted by Gasteiger charge is -2.52. The molecular formula is C26H20BrN3O2. The maximum absolute atomic E-state index is 14.0. The topological polar surface area (TPSA) is 52.7 Å². The Labute approximate surface area is 194 Å². The zero-order valence-electron chi connectivity index (χ0n) is 17.1. The van der Waals surface area contributed by atoms with Gasteiger partial charge in [0.05, 0.1) is 0 Å². The summed E-state index contributed by atoms with van der Waals surface area (Å²) in [5, 5.41) is 3.55. The molecule has 0 aliphatic carbocycles. The molecule has 3 aliphatic rings. The first kappa shape index (κ1) is 19.3. The van der Waals surface area contributed by atoms with Gasteiger partial charge in [0.1, 0.15) is 17.7 Å². The van der Waals surface area contributed by atoms with Gasteiger partial charge in [-0.15, -0.1) is 0 Å². The van der Waals surface area contributed by atoms with Crippen LogP contribution in [-0.2, 0) is 21.7 Å². The highest BCUT2D eigenvalue weighted by molar-refractivity contribution is 9.10. The van der Waals surface area contributed by atoms with Crippen molar-refractivity contribution in [2.45, 2.75) is 24.3 Å². The monoisotopic (exact) mass is 485 g/mol. The van der Waals surface area contributed by atoms with Gasteiger partial charge in [0, 0.05) is 28.3 Å². The smallest absolute Gasteiger partial charge is 0.252 e. The van der Waals surface area contributed by atoms with Gasteiger partial charge in [0.25, 0.3) is 5.91 Å². The number of carbonyl (C=O) groups is 2. The summed E-state index contributed by atoms with van der Waals surface area (Å²) in [6.07, 6.45) is 3.19. The van der Waals surface area contributed by atoms with E-state index in [0.717, 1.165) is 26.9 Å². The Balaban J connectivity index is 1.55. The Bertz CT molecular complexity index is 1260. The summed E-state index contributed by atoms with van der Waals surface area (Å²) in [5.41, 5.74) is 3.05. The molecule has 6 rings (SSSR count). The van der Waals surface area contributed by atoms with Crippen molar-refractivity contribution in [2.75, 3.05) is 5.32 Å². The minimum atomic E-state index is -0.756. The fraction of sp³-hybridized carbons (Fsp3) is 0.154. The molecule has 1 saturated heterocycles. The van der Waals surface area contributed by atoms with E-state index in [9.17, 15) is 9.59 Å². The average Bonchev–Trinajstić information content (AvgIpc) is 3.33. The molecular weight excluding hydrogens is 466 g/mol. The van der Waals surface area contributed by atoms with Gasteiger partial charge in [0.2, 0.25) is 5.91 Å². The molecule has 0 radical (unpaired) electrons. The number of halogens is 1. The maximum Gasteiger partial charge on any atom is 0.252 e. The lowest BCUT2D eigenvalue weighted by Crippen LogP contribution is -2.67. The second-order valence-electron chi connectivity index (χ2n) is 8.37. The molecule has 3 aromatic rings. The third-order valence-electron chi connectivity index (χ3n) is 6.65. The summed E-state index contributed by atoms with van der Waals surface area (Å²) in [4.78, 5) is 31.0. The average molecular weight is 486 g/mol. The number of amides is 2. The highest BCUT2D eigenvalue weighted by Crippen LogP contribution is 2.54. The van der Waals surface area contributed by atoms with Crippen molar-refractivity contribution in [1.29, 1.82) is 0 Å². The van der Waals surface area contributed by atoms with Crippen LogP contribution in [0.5, 0.6) is 0 Å². The summed E-state index contributed by atoms with van der Waals surface area (Å²) in [7, 11) is 0. The van der Waals surface area contributed by atoms with Crippen molar-refractivity contribution in [3.63, 3.8) is 0 Å². The van der Waals surface area contributed by atoms with Crippen LogP contribution in [0, 0.1) is 0 Å². The summed E-state index contributed by atoms with van der Waals surface area (Å²) in [5.74, 6) is -0.233. The van der Waals surface area contributed by atoms with Crippen molar-refractivity contribution in [3.05, 3.63) is 112 Å². The molecule has 32 heavy (non-hydrogen) atoms. The second-order valence-corrected chi connectivity index (χ2v) is 9.28. The van der Waals surface area contributed by atoms with Crippen LogP contribution in [0.25, 0.3) is 0 Å². The zero-order valence-corrected chi connectivity index (χ0v) is 18.7. The predicted molar refractivity (Wildman–Crippen MR) is 125 cm³/mol. The van der Waals surface area contributed by atoms with E-state index in [0.29, 0.717) is 6.54 Å². The van der Waals surface area contributed by atoms with E-state index in [1.54, 1.807) is 11.0 Å². The Morgan fingerprint density at radius 1 is 0.906 bits per heavy atom. The number of piperazine rings is 1. The van der Waals surface area contributed by atoms with Gasteiger partial charge in [-0.05, 0) is 35.4 Å². The van der Waals surface area contributed by atoms with Crippen LogP contribution in [-0.4, -0.2) is 27.8 Å². The fourth-order valence-corrected chi connectivity index (χ4v) is 5.55. The lowest BCUT2D eigenvalue weighted by molar-refractivity contribution is -0.163. The van der Waals surface area contributed by atoms with Gasteiger partial charge in [0.15, 0.2) is 0 Å². The number of rotatable bonds is 3. The summed E-state index contributed by atoms with van der Waals surface area (Å²) >= 11 is 3.48. The van der Waals surface area contributed by atoms with E-state index in [-0.39, 0.29) is 18.0 Å². The Morgan fingerprint density at radius 2 is 1.62 bits per heavy atom. The predicted octanol–water partition coefficient (Wildman–Crippen LogP) is 4.58. The van der Waals surface area contributed by atoms with Crippen LogP contribution in [0.1, 0.15) is 22.7 Å². The number of carbonyl (C=O) groups excluding carboxylic acids is 2. The molecule has 0 saturated carbocycles. The largest absolute Gasteiger partial charge is 0.362 e. The van der Waals surface area contributed by atoms with E-state index >= 15 is 0 Å². The molecule has 1 spiro atoms. The van der Waals surface area contributed by atoms with Gasteiger partial charge < -0.3 is 15.1 Å². The van der Waals surface area contributed by atoms with Gasteiger partial charge in [-0.25, -0.2) is 0 Å². The molecule has 1 N–H and O–H groups in total. The number of fused-ring (bicyclic) bond motifs is 1. The van der Waals surface area contributed by atoms with Crippen molar-refractivity contribution >= 4 is 33.4 Å². The van der Waals surface area contributed by atoms with Crippen molar-refractivity contribution in [3.8, 4) is 0 Å². The number of nitrogens with zero attached hydrogens (tertiary/aromatic N) is 2. The summed E-state index contributed by atoms with van der Waals surface area (Å²) in [6, 6.07) is 25.0. The molecule has 5 nitrogen and oxygen atoms in total. The van der Waals surface area contributed by atoms with Crippen LogP contribution >= 0.6 is 15.9 Å². The van der Waals surface area contributed by atoms with Crippen LogP contribution in [0.4, 0.5) is 5.69 Å². The number of para-hydroxylation sites is 1. The molecule has 158 valence electrons. The van der Waals surface area contributed by atoms with E-state index in [1.165, 1.54) is 0 Å². The van der Waals surface area contributed by atoms with E-state index in [4.69, 9.17) is 0 Å². The molecule has 2 amide bonds. The Kier molecular flexibility index (Phi) is 4.27. The molecule has 0 aromatic heterocycles. The number of benzene rings is 3. The SMILES string of the molecule is O=C1C(c2ccc(Br)cc2)N2C(=O)C=CC23c2ccccc2NC3N1Cc1ccccc1. The molecule has 3 heterocycles. The molecule has 3 aliphatic heterocycles. The Hall–Kier alpha value is -3.38. The van der Waals surface area contributed by atoms with Crippen LogP contribution in [0.3, 0.4) is 0 Å². The van der Waals surface area contributed by atoms with Crippen molar-refractivity contribution < 1.29 is 9.59 Å². The number of nitrogens with one attached hydrogen (secondary N) is 1. The first-order valence-corrected chi connectivity index (χ1v) is 11.4. The normalized spacial score (nSPS) is 25.4. The van der Waals surface area contributed by atoms with Gasteiger partial charge >= 0.3 is 0 Å². The van der Waals surface area contributed by atoms with Gasteiger partial charge in [-0.2, -0.15) is 0 Å². The van der Waals surface area contributed by atoms with E-state index in [2.05, 4.69) is 21.2 Å².